The van der Waals surface area contributed by atoms with E-state index in [4.69, 9.17) is 9.47 Å². The molecule has 5 fully saturated rings. The van der Waals surface area contributed by atoms with Crippen LogP contribution in [0.2, 0.25) is 0 Å². The van der Waals surface area contributed by atoms with E-state index in [9.17, 15) is 19.8 Å². The summed E-state index contributed by atoms with van der Waals surface area (Å²) in [6, 6.07) is 0. The van der Waals surface area contributed by atoms with Crippen molar-refractivity contribution in [3.63, 3.8) is 0 Å². The minimum Gasteiger partial charge on any atom is -0.465 e. The van der Waals surface area contributed by atoms with Crippen molar-refractivity contribution >= 4 is 11.9 Å². The molecule has 2 aliphatic heterocycles. The molecule has 6 nitrogen and oxygen atoms in total. The molecule has 0 aromatic rings. The van der Waals surface area contributed by atoms with E-state index < -0.39 is 6.10 Å². The van der Waals surface area contributed by atoms with Gasteiger partial charge in [0.25, 0.3) is 0 Å². The van der Waals surface area contributed by atoms with Crippen LogP contribution in [0.3, 0.4) is 0 Å². The first-order valence-corrected chi connectivity index (χ1v) is 14.5. The van der Waals surface area contributed by atoms with Crippen LogP contribution >= 0.6 is 0 Å². The summed E-state index contributed by atoms with van der Waals surface area (Å²) in [6.45, 7) is 13.9. The van der Waals surface area contributed by atoms with Gasteiger partial charge in [-0.2, -0.15) is 0 Å². The fraction of sp³-hybridized carbons (Fsp3) is 0.933. The van der Waals surface area contributed by atoms with Gasteiger partial charge in [-0.15, -0.1) is 0 Å². The molecule has 0 bridgehead atoms. The predicted octanol–water partition coefficient (Wildman–Crippen LogP) is 4.89. The Bertz CT molecular complexity index is 900. The third kappa shape index (κ3) is 3.63. The summed E-state index contributed by atoms with van der Waals surface area (Å²) in [5.41, 5.74) is -0.343. The van der Waals surface area contributed by atoms with Gasteiger partial charge in [0.15, 0.2) is 0 Å². The zero-order chi connectivity index (χ0) is 26.3. The second-order valence-electron chi connectivity index (χ2n) is 14.5. The van der Waals surface area contributed by atoms with E-state index >= 15 is 0 Å². The summed E-state index contributed by atoms with van der Waals surface area (Å²) in [5.74, 6) is 0.716. The molecule has 204 valence electrons. The van der Waals surface area contributed by atoms with Gasteiger partial charge in [-0.3, -0.25) is 9.59 Å². The Kier molecular flexibility index (Phi) is 6.39. The monoisotopic (exact) mass is 504 g/mol. The van der Waals surface area contributed by atoms with E-state index in [0.29, 0.717) is 37.7 Å². The van der Waals surface area contributed by atoms with Crippen molar-refractivity contribution in [2.45, 2.75) is 118 Å². The van der Waals surface area contributed by atoms with E-state index in [-0.39, 0.29) is 63.6 Å². The largest absolute Gasteiger partial charge is 0.465 e. The number of aliphatic hydroxyl groups is 2. The van der Waals surface area contributed by atoms with Gasteiger partial charge in [-0.1, -0.05) is 41.5 Å². The van der Waals surface area contributed by atoms with Crippen molar-refractivity contribution in [3.05, 3.63) is 0 Å². The van der Waals surface area contributed by atoms with Crippen LogP contribution in [0.5, 0.6) is 0 Å². The third-order valence-corrected chi connectivity index (χ3v) is 12.6. The van der Waals surface area contributed by atoms with Gasteiger partial charge in [-0.25, -0.2) is 0 Å². The van der Waals surface area contributed by atoms with Crippen LogP contribution in [-0.2, 0) is 19.1 Å². The molecule has 6 heteroatoms. The highest BCUT2D eigenvalue weighted by Crippen LogP contribution is 2.74. The number of carbonyl (C=O) groups is 2. The number of cyclic esters (lactones) is 2. The van der Waals surface area contributed by atoms with Crippen molar-refractivity contribution in [1.82, 2.24) is 0 Å². The van der Waals surface area contributed by atoms with Crippen molar-refractivity contribution in [3.8, 4) is 0 Å². The third-order valence-electron chi connectivity index (χ3n) is 12.6. The molecule has 36 heavy (non-hydrogen) atoms. The topological polar surface area (TPSA) is 93.1 Å². The minimum atomic E-state index is -0.582. The average Bonchev–Trinajstić information content (AvgIpc) is 3.34. The van der Waals surface area contributed by atoms with E-state index in [1.807, 2.05) is 6.92 Å². The number of fused-ring (bicyclic) bond motifs is 4. The van der Waals surface area contributed by atoms with Crippen molar-refractivity contribution in [1.29, 1.82) is 0 Å². The first-order chi connectivity index (χ1) is 16.8. The average molecular weight is 505 g/mol. The molecular weight excluding hydrogens is 456 g/mol. The molecule has 2 heterocycles. The van der Waals surface area contributed by atoms with Crippen LogP contribution < -0.4 is 0 Å². The smallest absolute Gasteiger partial charge is 0.309 e. The number of hydrogen-bond donors (Lipinski definition) is 2. The Balaban J connectivity index is 1.45. The van der Waals surface area contributed by atoms with Gasteiger partial charge in [0.05, 0.1) is 31.2 Å². The highest BCUT2D eigenvalue weighted by Gasteiger charge is 2.70. The second-order valence-corrected chi connectivity index (χ2v) is 14.5. The lowest BCUT2D eigenvalue weighted by molar-refractivity contribution is -0.235. The Morgan fingerprint density at radius 1 is 1.03 bits per heavy atom. The second kappa shape index (κ2) is 8.69. The van der Waals surface area contributed by atoms with E-state index in [2.05, 4.69) is 34.6 Å². The molecule has 5 rings (SSSR count). The number of carbonyl (C=O) groups excluding carboxylic acids is 2. The molecule has 0 aromatic carbocycles. The van der Waals surface area contributed by atoms with Crippen LogP contribution in [0.4, 0.5) is 0 Å². The minimum absolute atomic E-state index is 0.0120. The van der Waals surface area contributed by atoms with Crippen molar-refractivity contribution in [2.24, 2.45) is 51.2 Å². The normalized spacial score (nSPS) is 49.7. The lowest BCUT2D eigenvalue weighted by Gasteiger charge is -2.70. The molecule has 2 N–H and O–H groups in total. The zero-order valence-corrected chi connectivity index (χ0v) is 23.2. The number of rotatable bonds is 4. The maximum absolute atomic E-state index is 12.8. The summed E-state index contributed by atoms with van der Waals surface area (Å²) in [4.78, 5) is 24.7. The Labute approximate surface area is 216 Å². The maximum Gasteiger partial charge on any atom is 0.309 e. The Morgan fingerprint density at radius 2 is 1.75 bits per heavy atom. The summed E-state index contributed by atoms with van der Waals surface area (Å²) in [7, 11) is 0. The van der Waals surface area contributed by atoms with E-state index in [1.54, 1.807) is 0 Å². The Hall–Kier alpha value is -1.14. The molecule has 0 amide bonds. The summed E-state index contributed by atoms with van der Waals surface area (Å²) >= 11 is 0. The molecule has 3 aliphatic carbocycles. The number of aliphatic hydroxyl groups excluding tert-OH is 2. The van der Waals surface area contributed by atoms with E-state index in [0.717, 1.165) is 38.5 Å². The predicted molar refractivity (Wildman–Crippen MR) is 136 cm³/mol. The van der Waals surface area contributed by atoms with Crippen LogP contribution in [0, 0.1) is 51.2 Å². The fourth-order valence-electron chi connectivity index (χ4n) is 10.5. The highest BCUT2D eigenvalue weighted by atomic mass is 16.6. The number of hydrogen-bond acceptors (Lipinski definition) is 6. The van der Waals surface area contributed by atoms with E-state index in [1.165, 1.54) is 0 Å². The summed E-state index contributed by atoms with van der Waals surface area (Å²) in [5, 5.41) is 22.3. The zero-order valence-electron chi connectivity index (χ0n) is 23.2. The van der Waals surface area contributed by atoms with Gasteiger partial charge >= 0.3 is 11.9 Å². The maximum atomic E-state index is 12.8. The molecule has 1 unspecified atom stereocenters. The molecule has 3 saturated carbocycles. The molecule has 11 atom stereocenters. The summed E-state index contributed by atoms with van der Waals surface area (Å²) in [6.07, 6.45) is 6.52. The van der Waals surface area contributed by atoms with Crippen LogP contribution in [0.15, 0.2) is 0 Å². The van der Waals surface area contributed by atoms with Crippen molar-refractivity contribution in [2.75, 3.05) is 6.61 Å². The van der Waals surface area contributed by atoms with Crippen molar-refractivity contribution < 1.29 is 29.3 Å². The first kappa shape index (κ1) is 26.5. The van der Waals surface area contributed by atoms with Crippen LogP contribution in [0.25, 0.3) is 0 Å². The molecule has 0 aromatic heterocycles. The van der Waals surface area contributed by atoms with Crippen LogP contribution in [0.1, 0.15) is 99.3 Å². The molecule has 0 radical (unpaired) electrons. The lowest BCUT2D eigenvalue weighted by Crippen LogP contribution is -2.66. The quantitative estimate of drug-likeness (QED) is 0.530. The van der Waals surface area contributed by atoms with Gasteiger partial charge in [-0.05, 0) is 84.9 Å². The summed E-state index contributed by atoms with van der Waals surface area (Å²) < 4.78 is 11.3. The lowest BCUT2D eigenvalue weighted by atomic mass is 9.34. The number of ether oxygens (including phenoxy) is 2. The SMILES string of the molecule is C[C@H]([C@H]1CC[C@@H]2[C@@]3(C)CC[C@H](O)C(C)(C)C3CC[C@@]2(C)[C@@]12COC(=O)C2)[C@@H](O)C[C@@H]1C[C@@H](C)C(=O)O1. The first-order valence-electron chi connectivity index (χ1n) is 14.5. The Morgan fingerprint density at radius 3 is 2.36 bits per heavy atom. The van der Waals surface area contributed by atoms with Crippen LogP contribution in [-0.4, -0.2) is 47.1 Å². The van der Waals surface area contributed by atoms with Gasteiger partial charge < -0.3 is 19.7 Å². The highest BCUT2D eigenvalue weighted by molar-refractivity contribution is 5.74. The molecule has 2 saturated heterocycles. The van der Waals surface area contributed by atoms with Gasteiger partial charge in [0.2, 0.25) is 0 Å². The van der Waals surface area contributed by atoms with Gasteiger partial charge in [0, 0.05) is 11.8 Å². The number of esters is 2. The van der Waals surface area contributed by atoms with Gasteiger partial charge in [0.1, 0.15) is 6.10 Å². The molecule has 1 spiro atoms. The standard InChI is InChI=1S/C30H48O6/c1-17-13-19(36-26(17)34)14-21(31)18(2)20-7-8-23-28(5)11-10-24(32)27(3,4)22(28)9-12-29(23,6)30(20)15-25(33)35-16-30/h17-24,31-32H,7-16H2,1-6H3/t17-,18-,19+,20-,21+,22?,23-,24+,28+,29-,30+/m1/s1. The molecule has 5 aliphatic rings. The molecular formula is C30H48O6. The fourth-order valence-corrected chi connectivity index (χ4v) is 10.5.